The van der Waals surface area contributed by atoms with Crippen LogP contribution in [0, 0.1) is 13.8 Å². The summed E-state index contributed by atoms with van der Waals surface area (Å²) in [6, 6.07) is 2.28. The second kappa shape index (κ2) is 6.54. The van der Waals surface area contributed by atoms with Gasteiger partial charge in [0.15, 0.2) is 0 Å². The molecule has 1 N–H and O–H groups in total. The van der Waals surface area contributed by atoms with Gasteiger partial charge in [0.1, 0.15) is 5.82 Å². The first-order chi connectivity index (χ1) is 10.2. The molecule has 0 aromatic carbocycles. The Bertz CT molecular complexity index is 633. The van der Waals surface area contributed by atoms with Crippen LogP contribution in [0.5, 0.6) is 0 Å². The topological polar surface area (TPSA) is 62.3 Å². The molecular weight excluding hydrogens is 298 g/mol. The van der Waals surface area contributed by atoms with Crippen LogP contribution in [0.2, 0.25) is 0 Å². The lowest BCUT2D eigenvalue weighted by Gasteiger charge is -2.34. The van der Waals surface area contributed by atoms with Gasteiger partial charge in [0.25, 0.3) is 0 Å². The van der Waals surface area contributed by atoms with Crippen LogP contribution in [0.1, 0.15) is 49.4 Å². The number of pyridine rings is 1. The summed E-state index contributed by atoms with van der Waals surface area (Å²) in [6.07, 6.45) is 2.86. The van der Waals surface area contributed by atoms with E-state index in [1.807, 2.05) is 0 Å². The first kappa shape index (κ1) is 17.2. The molecule has 1 fully saturated rings. The molecule has 1 saturated heterocycles. The van der Waals surface area contributed by atoms with Crippen LogP contribution in [0.3, 0.4) is 0 Å². The fourth-order valence-electron chi connectivity index (χ4n) is 3.13. The highest BCUT2D eigenvalue weighted by molar-refractivity contribution is 7.88. The van der Waals surface area contributed by atoms with E-state index in [0.29, 0.717) is 5.92 Å². The van der Waals surface area contributed by atoms with Crippen molar-refractivity contribution in [2.24, 2.45) is 0 Å². The van der Waals surface area contributed by atoms with Crippen LogP contribution in [0.15, 0.2) is 6.07 Å². The molecule has 0 radical (unpaired) electrons. The molecule has 2 heterocycles. The van der Waals surface area contributed by atoms with Gasteiger partial charge in [0.05, 0.1) is 6.26 Å². The number of hydrogen-bond acceptors (Lipinski definition) is 4. The third-order valence-electron chi connectivity index (χ3n) is 4.21. The summed E-state index contributed by atoms with van der Waals surface area (Å²) < 4.78 is 25.3. The Morgan fingerprint density at radius 3 is 2.36 bits per heavy atom. The van der Waals surface area contributed by atoms with Crippen molar-refractivity contribution in [2.75, 3.05) is 24.2 Å². The van der Waals surface area contributed by atoms with Gasteiger partial charge in [-0.2, -0.15) is 0 Å². The van der Waals surface area contributed by atoms with Gasteiger partial charge in [-0.1, -0.05) is 19.9 Å². The number of piperidine rings is 1. The first-order valence-corrected chi connectivity index (χ1v) is 9.77. The van der Waals surface area contributed by atoms with Gasteiger partial charge in [-0.3, -0.25) is 0 Å². The fourth-order valence-corrected chi connectivity index (χ4v) is 3.97. The smallest absolute Gasteiger partial charge is 0.208 e. The first-order valence-electron chi connectivity index (χ1n) is 7.87. The number of aryl methyl sites for hydroxylation is 2. The van der Waals surface area contributed by atoms with Crippen molar-refractivity contribution in [1.29, 1.82) is 0 Å². The van der Waals surface area contributed by atoms with Crippen molar-refractivity contribution in [3.63, 3.8) is 0 Å². The van der Waals surface area contributed by atoms with E-state index in [0.717, 1.165) is 37.4 Å². The molecule has 2 rings (SSSR count). The molecule has 124 valence electrons. The van der Waals surface area contributed by atoms with Crippen LogP contribution < -0.4 is 9.62 Å². The molecule has 22 heavy (non-hydrogen) atoms. The van der Waals surface area contributed by atoms with Gasteiger partial charge >= 0.3 is 0 Å². The molecule has 1 aliphatic heterocycles. The van der Waals surface area contributed by atoms with E-state index in [2.05, 4.69) is 43.4 Å². The van der Waals surface area contributed by atoms with Crippen molar-refractivity contribution in [3.8, 4) is 0 Å². The lowest BCUT2D eigenvalue weighted by molar-refractivity contribution is 0.459. The summed E-state index contributed by atoms with van der Waals surface area (Å²) in [5, 5.41) is 0. The summed E-state index contributed by atoms with van der Waals surface area (Å²) in [4.78, 5) is 7.08. The average molecular weight is 325 g/mol. The molecular formula is C16H27N3O2S. The second-order valence-corrected chi connectivity index (χ2v) is 8.39. The Hall–Kier alpha value is -1.14. The molecule has 0 bridgehead atoms. The monoisotopic (exact) mass is 325 g/mol. The van der Waals surface area contributed by atoms with E-state index < -0.39 is 10.0 Å². The number of nitrogens with one attached hydrogen (secondary N) is 1. The van der Waals surface area contributed by atoms with Crippen LogP contribution in [0.4, 0.5) is 5.82 Å². The second-order valence-electron chi connectivity index (χ2n) is 6.61. The van der Waals surface area contributed by atoms with Gasteiger partial charge in [0.2, 0.25) is 10.0 Å². The van der Waals surface area contributed by atoms with E-state index in [9.17, 15) is 8.42 Å². The molecule has 0 amide bonds. The predicted octanol–water partition coefficient (Wildman–Crippen LogP) is 2.34. The zero-order chi connectivity index (χ0) is 16.5. The molecule has 0 unspecified atom stereocenters. The molecule has 1 aromatic rings. The summed E-state index contributed by atoms with van der Waals surface area (Å²) in [6.45, 7) is 10.2. The molecule has 5 nitrogen and oxygen atoms in total. The third-order valence-corrected chi connectivity index (χ3v) is 4.97. The van der Waals surface area contributed by atoms with Crippen LogP contribution in [0.25, 0.3) is 0 Å². The Labute approximate surface area is 134 Å². The summed E-state index contributed by atoms with van der Waals surface area (Å²) in [5.74, 6) is 1.52. The molecule has 0 spiro atoms. The Morgan fingerprint density at radius 1 is 1.27 bits per heavy atom. The largest absolute Gasteiger partial charge is 0.356 e. The van der Waals surface area contributed by atoms with Crippen molar-refractivity contribution in [1.82, 2.24) is 9.71 Å². The maximum atomic E-state index is 11.3. The van der Waals surface area contributed by atoms with Crippen molar-refractivity contribution in [3.05, 3.63) is 22.9 Å². The number of aromatic nitrogens is 1. The third kappa shape index (κ3) is 4.20. The maximum Gasteiger partial charge on any atom is 0.208 e. The fraction of sp³-hybridized carbons (Fsp3) is 0.688. The standard InChI is InChI=1S/C16H27N3O2S/c1-11(2)15-10-12(3)16(17-13(15)4)19-8-6-14(7-9-19)18-22(5,20)21/h10-11,14,18H,6-9H2,1-5H3. The minimum Gasteiger partial charge on any atom is -0.356 e. The maximum absolute atomic E-state index is 11.3. The predicted molar refractivity (Wildman–Crippen MR) is 91.0 cm³/mol. The summed E-state index contributed by atoms with van der Waals surface area (Å²) in [5.41, 5.74) is 3.59. The summed E-state index contributed by atoms with van der Waals surface area (Å²) in [7, 11) is -3.12. The van der Waals surface area contributed by atoms with Crippen molar-refractivity contribution in [2.45, 2.75) is 52.5 Å². The van der Waals surface area contributed by atoms with Gasteiger partial charge in [-0.25, -0.2) is 18.1 Å². The Balaban J connectivity index is 2.10. The molecule has 6 heteroatoms. The van der Waals surface area contributed by atoms with E-state index in [1.54, 1.807) is 0 Å². The van der Waals surface area contributed by atoms with Crippen LogP contribution >= 0.6 is 0 Å². The van der Waals surface area contributed by atoms with E-state index in [4.69, 9.17) is 4.98 Å². The number of hydrogen-bond donors (Lipinski definition) is 1. The van der Waals surface area contributed by atoms with Crippen molar-refractivity contribution < 1.29 is 8.42 Å². The van der Waals surface area contributed by atoms with Gasteiger partial charge in [0, 0.05) is 24.8 Å². The SMILES string of the molecule is Cc1cc(C(C)C)c(C)nc1N1CCC(NS(C)(=O)=O)CC1. The van der Waals surface area contributed by atoms with Crippen molar-refractivity contribution >= 4 is 15.8 Å². The number of anilines is 1. The molecule has 0 aliphatic carbocycles. The van der Waals surface area contributed by atoms with E-state index >= 15 is 0 Å². The van der Waals surface area contributed by atoms with Gasteiger partial charge in [-0.15, -0.1) is 0 Å². The highest BCUT2D eigenvalue weighted by Gasteiger charge is 2.23. The zero-order valence-electron chi connectivity index (χ0n) is 14.2. The zero-order valence-corrected chi connectivity index (χ0v) is 15.0. The normalized spacial score (nSPS) is 17.3. The Kier molecular flexibility index (Phi) is 5.12. The molecule has 0 atom stereocenters. The number of rotatable bonds is 4. The highest BCUT2D eigenvalue weighted by atomic mass is 32.2. The minimum absolute atomic E-state index is 0.0441. The van der Waals surface area contributed by atoms with Gasteiger partial charge in [-0.05, 0) is 43.7 Å². The number of nitrogens with zero attached hydrogens (tertiary/aromatic N) is 2. The Morgan fingerprint density at radius 2 is 1.86 bits per heavy atom. The number of sulfonamides is 1. The lowest BCUT2D eigenvalue weighted by atomic mass is 9.99. The lowest BCUT2D eigenvalue weighted by Crippen LogP contribution is -2.44. The van der Waals surface area contributed by atoms with Crippen LogP contribution in [-0.4, -0.2) is 38.8 Å². The highest BCUT2D eigenvalue weighted by Crippen LogP contribution is 2.27. The van der Waals surface area contributed by atoms with Gasteiger partial charge < -0.3 is 4.90 Å². The molecule has 1 aromatic heterocycles. The van der Waals surface area contributed by atoms with E-state index in [1.165, 1.54) is 17.4 Å². The summed E-state index contributed by atoms with van der Waals surface area (Å²) >= 11 is 0. The quantitative estimate of drug-likeness (QED) is 0.923. The molecule has 0 saturated carbocycles. The van der Waals surface area contributed by atoms with E-state index in [-0.39, 0.29) is 6.04 Å². The average Bonchev–Trinajstić information content (AvgIpc) is 2.40. The minimum atomic E-state index is -3.12. The molecule has 1 aliphatic rings. The van der Waals surface area contributed by atoms with Crippen LogP contribution in [-0.2, 0) is 10.0 Å².